The molecule has 0 heterocycles. The molecule has 1 amide bonds. The molecule has 0 bridgehead atoms. The molecule has 0 aromatic heterocycles. The average Bonchev–Trinajstić information content (AvgIpc) is 2.76. The van der Waals surface area contributed by atoms with Gasteiger partial charge in [-0.25, -0.2) is 4.39 Å². The lowest BCUT2D eigenvalue weighted by Crippen LogP contribution is -2.13. The van der Waals surface area contributed by atoms with Crippen molar-refractivity contribution in [2.45, 2.75) is 13.3 Å². The Morgan fingerprint density at radius 2 is 1.87 bits per heavy atom. The minimum Gasteiger partial charge on any atom is -0.494 e. The summed E-state index contributed by atoms with van der Waals surface area (Å²) >= 11 is 2.17. The largest absolute Gasteiger partial charge is 0.494 e. The summed E-state index contributed by atoms with van der Waals surface area (Å²) in [7, 11) is 0. The second-order valence-electron chi connectivity index (χ2n) is 6.67. The third-order valence-corrected chi connectivity index (χ3v) is 5.47. The van der Waals surface area contributed by atoms with Gasteiger partial charge < -0.3 is 10.1 Å². The predicted octanol–water partition coefficient (Wildman–Crippen LogP) is 5.97. The molecule has 4 nitrogen and oxygen atoms in total. The number of nitrogens with zero attached hydrogens (tertiary/aromatic N) is 1. The highest BCUT2D eigenvalue weighted by Gasteiger charge is 2.15. The van der Waals surface area contributed by atoms with E-state index in [2.05, 4.69) is 27.9 Å². The molecule has 0 atom stereocenters. The van der Waals surface area contributed by atoms with Crippen molar-refractivity contribution in [2.24, 2.45) is 0 Å². The number of hydrogen-bond acceptors (Lipinski definition) is 3. The number of nitriles is 1. The average molecular weight is 526 g/mol. The third kappa shape index (κ3) is 5.92. The molecule has 0 unspecified atom stereocenters. The molecule has 0 saturated heterocycles. The number of halogens is 2. The van der Waals surface area contributed by atoms with Crippen LogP contribution in [0.5, 0.6) is 5.75 Å². The van der Waals surface area contributed by atoms with Gasteiger partial charge in [-0.15, -0.1) is 0 Å². The number of carbonyl (C=O) groups is 1. The number of amides is 1. The van der Waals surface area contributed by atoms with Crippen molar-refractivity contribution >= 4 is 40.3 Å². The summed E-state index contributed by atoms with van der Waals surface area (Å²) in [5.74, 6) is -0.157. The van der Waals surface area contributed by atoms with E-state index in [1.165, 1.54) is 12.1 Å². The molecule has 0 radical (unpaired) electrons. The van der Waals surface area contributed by atoms with Crippen molar-refractivity contribution in [1.82, 2.24) is 0 Å². The molecule has 31 heavy (non-hydrogen) atoms. The van der Waals surface area contributed by atoms with Gasteiger partial charge in [0.2, 0.25) is 0 Å². The molecule has 156 valence electrons. The van der Waals surface area contributed by atoms with Crippen LogP contribution < -0.4 is 10.1 Å². The molecule has 0 spiro atoms. The fraction of sp³-hybridized carbons (Fsp3) is 0.120. The normalized spacial score (nSPS) is 11.0. The Balaban J connectivity index is 1.93. The lowest BCUT2D eigenvalue weighted by atomic mass is 10.0. The first kappa shape index (κ1) is 22.5. The molecular weight excluding hydrogens is 506 g/mol. The smallest absolute Gasteiger partial charge is 0.266 e. The fourth-order valence-corrected chi connectivity index (χ4v) is 3.85. The SMILES string of the molecule is CCOc1cc(/C=C(\C#N)C(=O)Nc2ccccc2)cc(I)c1Cc1ccccc1F. The van der Waals surface area contributed by atoms with Gasteiger partial charge in [-0.3, -0.25) is 4.79 Å². The van der Waals surface area contributed by atoms with Crippen LogP contribution in [0.2, 0.25) is 0 Å². The topological polar surface area (TPSA) is 62.1 Å². The van der Waals surface area contributed by atoms with Crippen molar-refractivity contribution in [2.75, 3.05) is 11.9 Å². The van der Waals surface area contributed by atoms with Gasteiger partial charge in [-0.2, -0.15) is 5.26 Å². The first-order chi connectivity index (χ1) is 15.0. The van der Waals surface area contributed by atoms with Gasteiger partial charge in [-0.1, -0.05) is 36.4 Å². The van der Waals surface area contributed by atoms with E-state index in [0.29, 0.717) is 35.6 Å². The molecule has 0 aliphatic carbocycles. The third-order valence-electron chi connectivity index (χ3n) is 4.51. The summed E-state index contributed by atoms with van der Waals surface area (Å²) in [5.41, 5.74) is 2.67. The number of hydrogen-bond donors (Lipinski definition) is 1. The first-order valence-electron chi connectivity index (χ1n) is 9.68. The van der Waals surface area contributed by atoms with Gasteiger partial charge in [0, 0.05) is 21.2 Å². The number of carbonyl (C=O) groups excluding carboxylic acids is 1. The molecule has 0 fully saturated rings. The van der Waals surface area contributed by atoms with E-state index in [9.17, 15) is 14.4 Å². The van der Waals surface area contributed by atoms with Crippen LogP contribution in [0.3, 0.4) is 0 Å². The Bertz CT molecular complexity index is 1150. The molecule has 0 aliphatic heterocycles. The zero-order chi connectivity index (χ0) is 22.2. The van der Waals surface area contributed by atoms with E-state index in [1.807, 2.05) is 25.1 Å². The number of anilines is 1. The molecule has 0 saturated carbocycles. The van der Waals surface area contributed by atoms with Gasteiger partial charge in [0.1, 0.15) is 23.2 Å². The van der Waals surface area contributed by atoms with Crippen molar-refractivity contribution in [3.63, 3.8) is 0 Å². The molecule has 1 N–H and O–H groups in total. The van der Waals surface area contributed by atoms with Gasteiger partial charge in [-0.05, 0) is 77.0 Å². The Hall–Kier alpha value is -3.18. The second-order valence-corrected chi connectivity index (χ2v) is 7.83. The summed E-state index contributed by atoms with van der Waals surface area (Å²) < 4.78 is 20.8. The van der Waals surface area contributed by atoms with E-state index in [1.54, 1.807) is 48.5 Å². The van der Waals surface area contributed by atoms with Crippen LogP contribution in [-0.4, -0.2) is 12.5 Å². The standard InChI is InChI=1S/C25H20FIN2O2/c1-2-31-24-14-17(12-19(16-28)25(30)29-20-9-4-3-5-10-20)13-23(27)21(24)15-18-8-6-7-11-22(18)26/h3-14H,2,15H2,1H3,(H,29,30)/b19-12+. The lowest BCUT2D eigenvalue weighted by Gasteiger charge is -2.14. The summed E-state index contributed by atoms with van der Waals surface area (Å²) in [5, 5.41) is 12.2. The Morgan fingerprint density at radius 3 is 2.55 bits per heavy atom. The summed E-state index contributed by atoms with van der Waals surface area (Å²) in [6.07, 6.45) is 1.90. The summed E-state index contributed by atoms with van der Waals surface area (Å²) in [6.45, 7) is 2.31. The molecule has 6 heteroatoms. The summed E-state index contributed by atoms with van der Waals surface area (Å²) in [6, 6.07) is 21.2. The Morgan fingerprint density at radius 1 is 1.16 bits per heavy atom. The van der Waals surface area contributed by atoms with Crippen LogP contribution in [0, 0.1) is 20.7 Å². The van der Waals surface area contributed by atoms with E-state index < -0.39 is 5.91 Å². The van der Waals surface area contributed by atoms with Gasteiger partial charge >= 0.3 is 0 Å². The quantitative estimate of drug-likeness (QED) is 0.235. The molecular formula is C25H20FIN2O2. The molecule has 0 aliphatic rings. The highest BCUT2D eigenvalue weighted by molar-refractivity contribution is 14.1. The van der Waals surface area contributed by atoms with E-state index in [4.69, 9.17) is 4.74 Å². The highest BCUT2D eigenvalue weighted by atomic mass is 127. The highest BCUT2D eigenvalue weighted by Crippen LogP contribution is 2.30. The minimum absolute atomic E-state index is 0.0241. The van der Waals surface area contributed by atoms with E-state index in [0.717, 1.165) is 9.13 Å². The maximum absolute atomic E-state index is 14.2. The van der Waals surface area contributed by atoms with Crippen molar-refractivity contribution in [3.05, 3.63) is 98.4 Å². The van der Waals surface area contributed by atoms with E-state index >= 15 is 0 Å². The van der Waals surface area contributed by atoms with Crippen molar-refractivity contribution in [3.8, 4) is 11.8 Å². The molecule has 3 rings (SSSR count). The van der Waals surface area contributed by atoms with Crippen LogP contribution in [-0.2, 0) is 11.2 Å². The van der Waals surface area contributed by atoms with Gasteiger partial charge in [0.15, 0.2) is 0 Å². The maximum atomic E-state index is 14.2. The van der Waals surface area contributed by atoms with Gasteiger partial charge in [0.05, 0.1) is 6.61 Å². The molecule has 3 aromatic carbocycles. The Kier molecular flexibility index (Phi) is 7.79. The predicted molar refractivity (Wildman–Crippen MR) is 128 cm³/mol. The second kappa shape index (κ2) is 10.7. The van der Waals surface area contributed by atoms with Crippen molar-refractivity contribution in [1.29, 1.82) is 5.26 Å². The zero-order valence-corrected chi connectivity index (χ0v) is 19.0. The molecule has 3 aromatic rings. The number of rotatable bonds is 7. The monoisotopic (exact) mass is 526 g/mol. The number of para-hydroxylation sites is 1. The van der Waals surface area contributed by atoms with Crippen LogP contribution in [0.15, 0.2) is 72.3 Å². The van der Waals surface area contributed by atoms with Crippen LogP contribution in [0.25, 0.3) is 6.08 Å². The zero-order valence-electron chi connectivity index (χ0n) is 16.9. The lowest BCUT2D eigenvalue weighted by molar-refractivity contribution is -0.112. The number of benzene rings is 3. The van der Waals surface area contributed by atoms with Crippen LogP contribution in [0.1, 0.15) is 23.6 Å². The van der Waals surface area contributed by atoms with E-state index in [-0.39, 0.29) is 11.4 Å². The number of nitrogens with one attached hydrogen (secondary N) is 1. The minimum atomic E-state index is -0.489. The Labute approximate surface area is 194 Å². The van der Waals surface area contributed by atoms with Crippen molar-refractivity contribution < 1.29 is 13.9 Å². The number of ether oxygens (including phenoxy) is 1. The maximum Gasteiger partial charge on any atom is 0.266 e. The first-order valence-corrected chi connectivity index (χ1v) is 10.8. The summed E-state index contributed by atoms with van der Waals surface area (Å²) in [4.78, 5) is 12.5. The fourth-order valence-electron chi connectivity index (χ4n) is 3.04. The van der Waals surface area contributed by atoms with Gasteiger partial charge in [0.25, 0.3) is 5.91 Å². The van der Waals surface area contributed by atoms with Crippen LogP contribution >= 0.6 is 22.6 Å². The van der Waals surface area contributed by atoms with Crippen LogP contribution in [0.4, 0.5) is 10.1 Å².